The van der Waals surface area contributed by atoms with Gasteiger partial charge in [0.05, 0.1) is 0 Å². The molecule has 1 heterocycles. The van der Waals surface area contributed by atoms with Gasteiger partial charge in [0.2, 0.25) is 0 Å². The van der Waals surface area contributed by atoms with Crippen molar-refractivity contribution in [3.05, 3.63) is 35.4 Å². The summed E-state index contributed by atoms with van der Waals surface area (Å²) >= 11 is 0.902. The van der Waals surface area contributed by atoms with E-state index in [0.29, 0.717) is 5.04 Å². The molecule has 2 rings (SSSR count). The van der Waals surface area contributed by atoms with Crippen molar-refractivity contribution in [2.24, 2.45) is 4.99 Å². The molecule has 1 aliphatic rings. The predicted molar refractivity (Wildman–Crippen MR) is 55.3 cm³/mol. The number of aryl methyl sites for hydroxylation is 1. The highest BCUT2D eigenvalue weighted by Crippen LogP contribution is 2.23. The first kappa shape index (κ1) is 9.15. The van der Waals surface area contributed by atoms with E-state index in [-0.39, 0.29) is 0 Å². The lowest BCUT2D eigenvalue weighted by molar-refractivity contribution is -0.130. The summed E-state index contributed by atoms with van der Waals surface area (Å²) in [7, 11) is 0. The Hall–Kier alpha value is -1.42. The van der Waals surface area contributed by atoms with E-state index in [1.807, 2.05) is 31.2 Å². The van der Waals surface area contributed by atoms with Gasteiger partial charge in [-0.1, -0.05) is 24.3 Å². The fourth-order valence-corrected chi connectivity index (χ4v) is 2.00. The molecular weight excluding hydrogens is 198 g/mol. The number of rotatable bonds is 1. The summed E-state index contributed by atoms with van der Waals surface area (Å²) in [6.07, 6.45) is 0. The number of carbonyl (C=O) groups is 2. The van der Waals surface area contributed by atoms with Gasteiger partial charge in [-0.25, -0.2) is 0 Å². The number of thioether (sulfide) groups is 1. The van der Waals surface area contributed by atoms with Crippen LogP contribution in [0.4, 0.5) is 0 Å². The molecule has 1 amide bonds. The monoisotopic (exact) mass is 205 g/mol. The number of aliphatic imine (C=N–C) groups is 1. The normalized spacial score (nSPS) is 15.9. The molecule has 0 bridgehead atoms. The molecule has 14 heavy (non-hydrogen) atoms. The van der Waals surface area contributed by atoms with Gasteiger partial charge < -0.3 is 0 Å². The standard InChI is InChI=1S/C10H7NO2S/c1-6-4-2-3-5-7(6)9-11-8(12)10(13)14-9/h2-5H,1H3. The van der Waals surface area contributed by atoms with Gasteiger partial charge in [0, 0.05) is 5.56 Å². The topological polar surface area (TPSA) is 46.5 Å². The third-order valence-corrected chi connectivity index (χ3v) is 2.81. The van der Waals surface area contributed by atoms with Crippen molar-refractivity contribution in [3.8, 4) is 0 Å². The van der Waals surface area contributed by atoms with E-state index in [0.717, 1.165) is 22.9 Å². The summed E-state index contributed by atoms with van der Waals surface area (Å²) < 4.78 is 0. The van der Waals surface area contributed by atoms with Crippen molar-refractivity contribution in [1.82, 2.24) is 0 Å². The van der Waals surface area contributed by atoms with Crippen LogP contribution in [0, 0.1) is 6.92 Å². The molecule has 0 radical (unpaired) electrons. The van der Waals surface area contributed by atoms with Crippen LogP contribution in [-0.4, -0.2) is 16.1 Å². The molecule has 0 fully saturated rings. The largest absolute Gasteiger partial charge is 0.325 e. The summed E-state index contributed by atoms with van der Waals surface area (Å²) in [4.78, 5) is 25.6. The van der Waals surface area contributed by atoms with Crippen LogP contribution >= 0.6 is 11.8 Å². The lowest BCUT2D eigenvalue weighted by atomic mass is 10.1. The Balaban J connectivity index is 2.43. The second-order valence-electron chi connectivity index (χ2n) is 2.93. The Morgan fingerprint density at radius 3 is 2.50 bits per heavy atom. The van der Waals surface area contributed by atoms with Crippen LogP contribution in [0.25, 0.3) is 0 Å². The minimum atomic E-state index is -0.659. The maximum absolute atomic E-state index is 11.0. The Kier molecular flexibility index (Phi) is 2.21. The summed E-state index contributed by atoms with van der Waals surface area (Å²) in [6, 6.07) is 7.54. The molecule has 0 N–H and O–H groups in total. The van der Waals surface area contributed by atoms with Gasteiger partial charge in [0.25, 0.3) is 5.12 Å². The Labute approximate surface area is 85.2 Å². The first-order valence-corrected chi connectivity index (χ1v) is 4.91. The highest BCUT2D eigenvalue weighted by atomic mass is 32.2. The first-order valence-electron chi connectivity index (χ1n) is 4.09. The zero-order valence-electron chi connectivity index (χ0n) is 7.48. The van der Waals surface area contributed by atoms with Gasteiger partial charge in [-0.05, 0) is 24.2 Å². The predicted octanol–water partition coefficient (Wildman–Crippen LogP) is 1.54. The van der Waals surface area contributed by atoms with Crippen LogP contribution in [-0.2, 0) is 9.59 Å². The third kappa shape index (κ3) is 1.48. The van der Waals surface area contributed by atoms with Crippen LogP contribution in [0.5, 0.6) is 0 Å². The maximum Gasteiger partial charge on any atom is 0.325 e. The molecule has 0 spiro atoms. The number of amides is 1. The molecule has 3 nitrogen and oxygen atoms in total. The van der Waals surface area contributed by atoms with E-state index in [2.05, 4.69) is 4.99 Å². The minimum absolute atomic E-state index is 0.497. The van der Waals surface area contributed by atoms with Gasteiger partial charge in [-0.2, -0.15) is 4.99 Å². The van der Waals surface area contributed by atoms with Crippen molar-refractivity contribution < 1.29 is 9.59 Å². The van der Waals surface area contributed by atoms with Gasteiger partial charge in [0.15, 0.2) is 0 Å². The Morgan fingerprint density at radius 1 is 1.21 bits per heavy atom. The van der Waals surface area contributed by atoms with E-state index in [9.17, 15) is 9.59 Å². The smallest absolute Gasteiger partial charge is 0.275 e. The van der Waals surface area contributed by atoms with Crippen LogP contribution in [0.3, 0.4) is 0 Å². The molecule has 0 saturated carbocycles. The van der Waals surface area contributed by atoms with E-state index < -0.39 is 11.0 Å². The van der Waals surface area contributed by atoms with Gasteiger partial charge in [-0.3, -0.25) is 9.59 Å². The lowest BCUT2D eigenvalue weighted by Gasteiger charge is -2.01. The number of benzene rings is 1. The molecule has 1 aromatic carbocycles. The second-order valence-corrected chi connectivity index (χ2v) is 3.89. The highest BCUT2D eigenvalue weighted by Gasteiger charge is 2.26. The molecule has 70 valence electrons. The zero-order chi connectivity index (χ0) is 10.1. The lowest BCUT2D eigenvalue weighted by Crippen LogP contribution is -1.98. The van der Waals surface area contributed by atoms with Crippen molar-refractivity contribution in [1.29, 1.82) is 0 Å². The zero-order valence-corrected chi connectivity index (χ0v) is 8.30. The fraction of sp³-hybridized carbons (Fsp3) is 0.100. The fourth-order valence-electron chi connectivity index (χ4n) is 1.22. The van der Waals surface area contributed by atoms with Gasteiger partial charge in [0.1, 0.15) is 5.04 Å². The van der Waals surface area contributed by atoms with Crippen LogP contribution < -0.4 is 0 Å². The Bertz CT molecular complexity index is 451. The third-order valence-electron chi connectivity index (χ3n) is 1.94. The number of carbonyl (C=O) groups excluding carboxylic acids is 2. The highest BCUT2D eigenvalue weighted by molar-refractivity contribution is 8.29. The quantitative estimate of drug-likeness (QED) is 0.653. The summed E-state index contributed by atoms with van der Waals surface area (Å²) in [5.74, 6) is -0.659. The first-order chi connectivity index (χ1) is 6.68. The van der Waals surface area contributed by atoms with E-state index >= 15 is 0 Å². The molecule has 1 aromatic rings. The summed E-state index contributed by atoms with van der Waals surface area (Å²) in [6.45, 7) is 1.92. The van der Waals surface area contributed by atoms with Gasteiger partial charge >= 0.3 is 5.91 Å². The SMILES string of the molecule is Cc1ccccc1C1=NC(=O)C(=O)S1. The average molecular weight is 205 g/mol. The van der Waals surface area contributed by atoms with Crippen molar-refractivity contribution in [3.63, 3.8) is 0 Å². The van der Waals surface area contributed by atoms with Crippen LogP contribution in [0.15, 0.2) is 29.3 Å². The molecule has 0 unspecified atom stereocenters. The van der Waals surface area contributed by atoms with Crippen LogP contribution in [0.2, 0.25) is 0 Å². The van der Waals surface area contributed by atoms with Gasteiger partial charge in [-0.15, -0.1) is 0 Å². The molecular formula is C10H7NO2S. The van der Waals surface area contributed by atoms with Crippen LogP contribution in [0.1, 0.15) is 11.1 Å². The maximum atomic E-state index is 11.0. The minimum Gasteiger partial charge on any atom is -0.275 e. The molecule has 0 aliphatic carbocycles. The number of hydrogen-bond acceptors (Lipinski definition) is 3. The van der Waals surface area contributed by atoms with E-state index in [1.165, 1.54) is 0 Å². The molecule has 4 heteroatoms. The van der Waals surface area contributed by atoms with E-state index in [1.54, 1.807) is 0 Å². The van der Waals surface area contributed by atoms with Crippen molar-refractivity contribution in [2.75, 3.05) is 0 Å². The molecule has 1 aliphatic heterocycles. The molecule has 0 saturated heterocycles. The number of hydrogen-bond donors (Lipinski definition) is 0. The summed E-state index contributed by atoms with van der Waals surface area (Å²) in [5.41, 5.74) is 1.87. The average Bonchev–Trinajstić information content (AvgIpc) is 2.48. The molecule has 0 aromatic heterocycles. The van der Waals surface area contributed by atoms with Crippen molar-refractivity contribution in [2.45, 2.75) is 6.92 Å². The summed E-state index contributed by atoms with van der Waals surface area (Å²) in [5, 5.41) is 0.0151. The van der Waals surface area contributed by atoms with Crippen molar-refractivity contribution >= 4 is 27.8 Å². The molecule has 0 atom stereocenters. The second kappa shape index (κ2) is 3.38. The van der Waals surface area contributed by atoms with E-state index in [4.69, 9.17) is 0 Å². The Morgan fingerprint density at radius 2 is 1.93 bits per heavy atom. The number of nitrogens with zero attached hydrogens (tertiary/aromatic N) is 1.